The number of nitrogen functional groups attached to an aromatic ring is 1. The van der Waals surface area contributed by atoms with E-state index in [2.05, 4.69) is 4.98 Å². The summed E-state index contributed by atoms with van der Waals surface area (Å²) in [4.78, 5) is 25.1. The average molecular weight is 266 g/mol. The minimum atomic E-state index is -0.445. The van der Waals surface area contributed by atoms with Crippen LogP contribution in [0.3, 0.4) is 0 Å². The number of H-pyrrole nitrogens is 1. The lowest BCUT2D eigenvalue weighted by atomic mass is 10.2. The molecule has 3 N–H and O–H groups in total. The number of nitrogens with two attached hydrogens (primary N) is 1. The standard InChI is InChI=1S/C12H12ClN3O2/c1-7-5-16(12(18)15-11(7)17)6-8-2-3-9(13)10(14)4-8/h2-5H,6,14H2,1H3,(H,15,17,18). The minimum absolute atomic E-state index is 0.331. The molecule has 18 heavy (non-hydrogen) atoms. The van der Waals surface area contributed by atoms with Crippen LogP contribution in [0.25, 0.3) is 0 Å². The van der Waals surface area contributed by atoms with Crippen LogP contribution in [0.4, 0.5) is 5.69 Å². The normalized spacial score (nSPS) is 10.6. The quantitative estimate of drug-likeness (QED) is 0.799. The number of rotatable bonds is 2. The zero-order chi connectivity index (χ0) is 13.3. The predicted octanol–water partition coefficient (Wildman–Crippen LogP) is 1.13. The van der Waals surface area contributed by atoms with E-state index in [-0.39, 0.29) is 5.56 Å². The van der Waals surface area contributed by atoms with E-state index in [9.17, 15) is 9.59 Å². The summed E-state index contributed by atoms with van der Waals surface area (Å²) >= 11 is 5.82. The third-order valence-corrected chi connectivity index (χ3v) is 2.95. The molecule has 0 aliphatic rings. The van der Waals surface area contributed by atoms with Crippen LogP contribution in [-0.2, 0) is 6.54 Å². The Kier molecular flexibility index (Phi) is 3.25. The number of aromatic amines is 1. The van der Waals surface area contributed by atoms with Crippen LogP contribution in [0.5, 0.6) is 0 Å². The summed E-state index contributed by atoms with van der Waals surface area (Å²) in [5.41, 5.74) is 6.66. The van der Waals surface area contributed by atoms with Crippen molar-refractivity contribution >= 4 is 17.3 Å². The lowest BCUT2D eigenvalue weighted by Crippen LogP contribution is -2.31. The Morgan fingerprint density at radius 1 is 1.39 bits per heavy atom. The number of aryl methyl sites for hydroxylation is 1. The molecule has 0 atom stereocenters. The summed E-state index contributed by atoms with van der Waals surface area (Å²) in [5, 5.41) is 0.476. The van der Waals surface area contributed by atoms with Crippen molar-refractivity contribution in [1.29, 1.82) is 0 Å². The Morgan fingerprint density at radius 2 is 2.11 bits per heavy atom. The Labute approximate surface area is 108 Å². The second-order valence-electron chi connectivity index (χ2n) is 4.06. The molecule has 2 rings (SSSR count). The van der Waals surface area contributed by atoms with Gasteiger partial charge in [0, 0.05) is 11.8 Å². The molecule has 0 bridgehead atoms. The van der Waals surface area contributed by atoms with Crippen molar-refractivity contribution in [3.05, 3.63) is 61.4 Å². The maximum atomic E-state index is 11.6. The lowest BCUT2D eigenvalue weighted by molar-refractivity contribution is 0.714. The van der Waals surface area contributed by atoms with E-state index in [4.69, 9.17) is 17.3 Å². The van der Waals surface area contributed by atoms with Crippen LogP contribution in [-0.4, -0.2) is 9.55 Å². The minimum Gasteiger partial charge on any atom is -0.398 e. The zero-order valence-electron chi connectivity index (χ0n) is 9.74. The van der Waals surface area contributed by atoms with Gasteiger partial charge in [0.15, 0.2) is 0 Å². The maximum absolute atomic E-state index is 11.6. The molecule has 0 aliphatic carbocycles. The highest BCUT2D eigenvalue weighted by Crippen LogP contribution is 2.19. The molecule has 0 radical (unpaired) electrons. The Balaban J connectivity index is 2.40. The van der Waals surface area contributed by atoms with Gasteiger partial charge in [-0.15, -0.1) is 0 Å². The highest BCUT2D eigenvalue weighted by Gasteiger charge is 2.03. The van der Waals surface area contributed by atoms with Gasteiger partial charge in [-0.2, -0.15) is 0 Å². The number of benzene rings is 1. The summed E-state index contributed by atoms with van der Waals surface area (Å²) in [5.74, 6) is 0. The summed E-state index contributed by atoms with van der Waals surface area (Å²) in [6.07, 6.45) is 1.52. The molecule has 6 heteroatoms. The number of aromatic nitrogens is 2. The molecule has 5 nitrogen and oxygen atoms in total. The maximum Gasteiger partial charge on any atom is 0.328 e. The first-order valence-corrected chi connectivity index (χ1v) is 5.69. The zero-order valence-corrected chi connectivity index (χ0v) is 10.5. The van der Waals surface area contributed by atoms with Crippen molar-refractivity contribution < 1.29 is 0 Å². The van der Waals surface area contributed by atoms with E-state index < -0.39 is 5.69 Å². The number of anilines is 1. The number of nitrogens with one attached hydrogen (secondary N) is 1. The first-order chi connectivity index (χ1) is 8.47. The van der Waals surface area contributed by atoms with E-state index in [1.165, 1.54) is 10.8 Å². The molecule has 0 amide bonds. The van der Waals surface area contributed by atoms with Crippen molar-refractivity contribution in [2.75, 3.05) is 5.73 Å². The molecule has 1 aromatic heterocycles. The van der Waals surface area contributed by atoms with Crippen LogP contribution in [0.15, 0.2) is 34.0 Å². The Bertz CT molecular complexity index is 703. The largest absolute Gasteiger partial charge is 0.398 e. The smallest absolute Gasteiger partial charge is 0.328 e. The fraction of sp³-hybridized carbons (Fsp3) is 0.167. The molecule has 2 aromatic rings. The highest BCUT2D eigenvalue weighted by atomic mass is 35.5. The van der Waals surface area contributed by atoms with Gasteiger partial charge in [-0.1, -0.05) is 17.7 Å². The molecule has 0 saturated carbocycles. The summed E-state index contributed by atoms with van der Waals surface area (Å²) < 4.78 is 1.42. The molecule has 94 valence electrons. The van der Waals surface area contributed by atoms with E-state index >= 15 is 0 Å². The second-order valence-corrected chi connectivity index (χ2v) is 4.46. The molecular formula is C12H12ClN3O2. The highest BCUT2D eigenvalue weighted by molar-refractivity contribution is 6.33. The van der Waals surface area contributed by atoms with Crippen LogP contribution in [0.2, 0.25) is 5.02 Å². The van der Waals surface area contributed by atoms with Crippen LogP contribution in [0.1, 0.15) is 11.1 Å². The van der Waals surface area contributed by atoms with Crippen molar-refractivity contribution in [3.8, 4) is 0 Å². The molecular weight excluding hydrogens is 254 g/mol. The lowest BCUT2D eigenvalue weighted by Gasteiger charge is -2.07. The third kappa shape index (κ3) is 2.46. The van der Waals surface area contributed by atoms with E-state index in [1.807, 2.05) is 0 Å². The molecule has 1 aromatic carbocycles. The van der Waals surface area contributed by atoms with Gasteiger partial charge < -0.3 is 5.73 Å². The number of halogens is 1. The number of nitrogens with zero attached hydrogens (tertiary/aromatic N) is 1. The fourth-order valence-corrected chi connectivity index (χ4v) is 1.74. The van der Waals surface area contributed by atoms with Crippen LogP contribution >= 0.6 is 11.6 Å². The number of hydrogen-bond acceptors (Lipinski definition) is 3. The summed E-state index contributed by atoms with van der Waals surface area (Å²) in [6, 6.07) is 5.16. The van der Waals surface area contributed by atoms with Crippen molar-refractivity contribution in [2.24, 2.45) is 0 Å². The van der Waals surface area contributed by atoms with E-state index in [0.29, 0.717) is 22.8 Å². The van der Waals surface area contributed by atoms with Crippen molar-refractivity contribution in [1.82, 2.24) is 9.55 Å². The van der Waals surface area contributed by atoms with Gasteiger partial charge in [0.25, 0.3) is 5.56 Å². The second kappa shape index (κ2) is 4.70. The van der Waals surface area contributed by atoms with Gasteiger partial charge in [-0.25, -0.2) is 4.79 Å². The predicted molar refractivity (Wildman–Crippen MR) is 71.0 cm³/mol. The SMILES string of the molecule is Cc1cn(Cc2ccc(Cl)c(N)c2)c(=O)[nH]c1=O. The van der Waals surface area contributed by atoms with E-state index in [0.717, 1.165) is 5.56 Å². The monoisotopic (exact) mass is 265 g/mol. The molecule has 0 aliphatic heterocycles. The van der Waals surface area contributed by atoms with Gasteiger partial charge in [0.2, 0.25) is 0 Å². The van der Waals surface area contributed by atoms with E-state index in [1.54, 1.807) is 25.1 Å². The Hall–Kier alpha value is -2.01. The summed E-state index contributed by atoms with van der Waals surface area (Å²) in [6.45, 7) is 1.98. The molecule has 0 unspecified atom stereocenters. The third-order valence-electron chi connectivity index (χ3n) is 2.60. The van der Waals surface area contributed by atoms with Gasteiger partial charge in [-0.3, -0.25) is 14.3 Å². The van der Waals surface area contributed by atoms with Gasteiger partial charge in [0.1, 0.15) is 0 Å². The van der Waals surface area contributed by atoms with Gasteiger partial charge in [-0.05, 0) is 24.6 Å². The molecule has 0 fully saturated rings. The number of hydrogen-bond donors (Lipinski definition) is 2. The summed E-state index contributed by atoms with van der Waals surface area (Å²) in [7, 11) is 0. The molecule has 1 heterocycles. The van der Waals surface area contributed by atoms with Crippen LogP contribution in [0, 0.1) is 6.92 Å². The first kappa shape index (κ1) is 12.4. The van der Waals surface area contributed by atoms with Crippen molar-refractivity contribution in [2.45, 2.75) is 13.5 Å². The van der Waals surface area contributed by atoms with Gasteiger partial charge >= 0.3 is 5.69 Å². The first-order valence-electron chi connectivity index (χ1n) is 5.31. The van der Waals surface area contributed by atoms with Gasteiger partial charge in [0.05, 0.1) is 17.3 Å². The molecule has 0 spiro atoms. The van der Waals surface area contributed by atoms with Crippen molar-refractivity contribution in [3.63, 3.8) is 0 Å². The average Bonchev–Trinajstić information content (AvgIpc) is 2.31. The van der Waals surface area contributed by atoms with Crippen LogP contribution < -0.4 is 17.0 Å². The fourth-order valence-electron chi connectivity index (χ4n) is 1.62. The topological polar surface area (TPSA) is 80.9 Å². The Morgan fingerprint density at radius 3 is 2.78 bits per heavy atom. The molecule has 0 saturated heterocycles.